The molecule has 144 valence electrons. The Balaban J connectivity index is 1.65. The standard InChI is InChI=1S/C22H21FN2O3/c23-18-7-6-17-16-8-10-24(22(26)27)11-9-19(16)25-15(13-28-21(18)20(17)25)12-14-4-2-1-3-5-14/h1-7,15H,8-13H2,(H,26,27). The molecule has 0 aliphatic carbocycles. The number of nitrogens with zero attached hydrogens (tertiary/aromatic N) is 2. The maximum absolute atomic E-state index is 14.5. The fourth-order valence-corrected chi connectivity index (χ4v) is 4.64. The normalized spacial score (nSPS) is 18.5. The molecular weight excluding hydrogens is 359 g/mol. The first-order valence-corrected chi connectivity index (χ1v) is 9.62. The number of benzene rings is 2. The van der Waals surface area contributed by atoms with Crippen LogP contribution in [0.5, 0.6) is 5.75 Å². The van der Waals surface area contributed by atoms with Crippen molar-refractivity contribution in [2.45, 2.75) is 25.3 Å². The monoisotopic (exact) mass is 380 g/mol. The Hall–Kier alpha value is -3.02. The Labute approximate surface area is 161 Å². The van der Waals surface area contributed by atoms with Gasteiger partial charge in [-0.2, -0.15) is 0 Å². The predicted molar refractivity (Wildman–Crippen MR) is 104 cm³/mol. The second kappa shape index (κ2) is 6.55. The van der Waals surface area contributed by atoms with Gasteiger partial charge in [0.2, 0.25) is 0 Å². The van der Waals surface area contributed by atoms with E-state index in [-0.39, 0.29) is 11.9 Å². The van der Waals surface area contributed by atoms with Crippen LogP contribution < -0.4 is 4.74 Å². The van der Waals surface area contributed by atoms with Crippen LogP contribution in [0.1, 0.15) is 22.9 Å². The van der Waals surface area contributed by atoms with Crippen LogP contribution in [-0.4, -0.2) is 40.4 Å². The maximum Gasteiger partial charge on any atom is 0.407 e. The van der Waals surface area contributed by atoms with Crippen LogP contribution in [0.15, 0.2) is 42.5 Å². The number of halogens is 1. The molecule has 1 N–H and O–H groups in total. The minimum absolute atomic E-state index is 0.0549. The van der Waals surface area contributed by atoms with E-state index >= 15 is 0 Å². The summed E-state index contributed by atoms with van der Waals surface area (Å²) in [5, 5.41) is 10.4. The molecule has 0 fully saturated rings. The van der Waals surface area contributed by atoms with E-state index in [4.69, 9.17) is 4.74 Å². The highest BCUT2D eigenvalue weighted by atomic mass is 19.1. The van der Waals surface area contributed by atoms with Crippen LogP contribution in [0.25, 0.3) is 10.9 Å². The first-order valence-electron chi connectivity index (χ1n) is 9.62. The molecule has 0 saturated carbocycles. The predicted octanol–water partition coefficient (Wildman–Crippen LogP) is 4.04. The number of hydrogen-bond donors (Lipinski definition) is 1. The van der Waals surface area contributed by atoms with E-state index < -0.39 is 6.09 Å². The first kappa shape index (κ1) is 17.1. The van der Waals surface area contributed by atoms with Crippen LogP contribution in [-0.2, 0) is 19.3 Å². The smallest absolute Gasteiger partial charge is 0.407 e. The lowest BCUT2D eigenvalue weighted by Gasteiger charge is -2.29. The third-order valence-electron chi connectivity index (χ3n) is 5.91. The zero-order valence-corrected chi connectivity index (χ0v) is 15.4. The minimum atomic E-state index is -0.885. The molecule has 28 heavy (non-hydrogen) atoms. The van der Waals surface area contributed by atoms with E-state index in [1.165, 1.54) is 16.5 Å². The summed E-state index contributed by atoms with van der Waals surface area (Å²) in [6, 6.07) is 13.5. The molecule has 0 spiro atoms. The quantitative estimate of drug-likeness (QED) is 0.730. The molecule has 1 atom stereocenters. The Bertz CT molecular complexity index is 1060. The Morgan fingerprint density at radius 3 is 2.71 bits per heavy atom. The van der Waals surface area contributed by atoms with E-state index in [9.17, 15) is 14.3 Å². The van der Waals surface area contributed by atoms with Gasteiger partial charge in [0.15, 0.2) is 11.6 Å². The van der Waals surface area contributed by atoms with E-state index in [2.05, 4.69) is 16.7 Å². The van der Waals surface area contributed by atoms with Crippen molar-refractivity contribution in [3.63, 3.8) is 0 Å². The number of fused-ring (bicyclic) bond motifs is 3. The second-order valence-electron chi connectivity index (χ2n) is 7.49. The molecule has 0 bridgehead atoms. The second-order valence-corrected chi connectivity index (χ2v) is 7.49. The van der Waals surface area contributed by atoms with Crippen LogP contribution in [0.3, 0.4) is 0 Å². The van der Waals surface area contributed by atoms with Crippen LogP contribution in [0.4, 0.5) is 9.18 Å². The number of aromatic nitrogens is 1. The first-order chi connectivity index (χ1) is 13.6. The number of carbonyl (C=O) groups is 1. The molecule has 2 aliphatic heterocycles. The van der Waals surface area contributed by atoms with Crippen molar-refractivity contribution in [3.8, 4) is 5.75 Å². The van der Waals surface area contributed by atoms with E-state index in [1.807, 2.05) is 24.3 Å². The van der Waals surface area contributed by atoms with Gasteiger partial charge in [0.05, 0.1) is 11.6 Å². The summed E-state index contributed by atoms with van der Waals surface area (Å²) in [5.74, 6) is -0.0169. The molecule has 5 rings (SSSR count). The summed E-state index contributed by atoms with van der Waals surface area (Å²) in [7, 11) is 0. The molecule has 3 heterocycles. The summed E-state index contributed by atoms with van der Waals surface area (Å²) in [4.78, 5) is 12.9. The topological polar surface area (TPSA) is 54.7 Å². The lowest BCUT2D eigenvalue weighted by atomic mass is 10.0. The molecule has 0 saturated heterocycles. The van der Waals surface area contributed by atoms with Crippen molar-refractivity contribution < 1.29 is 19.0 Å². The summed E-state index contributed by atoms with van der Waals surface area (Å²) in [6.45, 7) is 1.31. The largest absolute Gasteiger partial charge is 0.486 e. The number of rotatable bonds is 2. The molecule has 1 unspecified atom stereocenters. The van der Waals surface area contributed by atoms with Crippen LogP contribution >= 0.6 is 0 Å². The summed E-state index contributed by atoms with van der Waals surface area (Å²) >= 11 is 0. The number of amides is 1. The van der Waals surface area contributed by atoms with Crippen LogP contribution in [0, 0.1) is 5.82 Å². The molecular formula is C22H21FN2O3. The van der Waals surface area contributed by atoms with E-state index in [1.54, 1.807) is 0 Å². The minimum Gasteiger partial charge on any atom is -0.486 e. The Morgan fingerprint density at radius 2 is 1.93 bits per heavy atom. The van der Waals surface area contributed by atoms with Crippen molar-refractivity contribution in [3.05, 3.63) is 65.1 Å². The molecule has 3 aromatic rings. The lowest BCUT2D eigenvalue weighted by Crippen LogP contribution is -2.32. The van der Waals surface area contributed by atoms with E-state index in [0.717, 1.165) is 28.6 Å². The van der Waals surface area contributed by atoms with Gasteiger partial charge in [-0.25, -0.2) is 9.18 Å². The number of hydrogen-bond acceptors (Lipinski definition) is 2. The zero-order chi connectivity index (χ0) is 19.3. The molecule has 2 aliphatic rings. The van der Waals surface area contributed by atoms with Crippen molar-refractivity contribution in [1.82, 2.24) is 9.47 Å². The van der Waals surface area contributed by atoms with Crippen molar-refractivity contribution >= 4 is 17.0 Å². The van der Waals surface area contributed by atoms with Crippen molar-refractivity contribution in [2.75, 3.05) is 19.7 Å². The lowest BCUT2D eigenvalue weighted by molar-refractivity contribution is 0.147. The Kier molecular flexibility index (Phi) is 4.00. The van der Waals surface area contributed by atoms with Crippen LogP contribution in [0.2, 0.25) is 0 Å². The zero-order valence-electron chi connectivity index (χ0n) is 15.4. The number of carboxylic acid groups (broad SMARTS) is 1. The van der Waals surface area contributed by atoms with Gasteiger partial charge >= 0.3 is 6.09 Å². The molecule has 5 nitrogen and oxygen atoms in total. The SMILES string of the molecule is O=C(O)N1CCc2c(n3c4c(c(F)ccc24)OCC3Cc2ccccc2)CC1. The van der Waals surface area contributed by atoms with Crippen molar-refractivity contribution in [1.29, 1.82) is 0 Å². The van der Waals surface area contributed by atoms with Crippen molar-refractivity contribution in [2.24, 2.45) is 0 Å². The number of ether oxygens (including phenoxy) is 1. The molecule has 2 aromatic carbocycles. The van der Waals surface area contributed by atoms with Gasteiger partial charge in [0.1, 0.15) is 6.61 Å². The van der Waals surface area contributed by atoms with Gasteiger partial charge in [-0.15, -0.1) is 0 Å². The summed E-state index contributed by atoms with van der Waals surface area (Å²) in [5.41, 5.74) is 4.27. The highest BCUT2D eigenvalue weighted by molar-refractivity contribution is 5.91. The maximum atomic E-state index is 14.5. The average molecular weight is 380 g/mol. The van der Waals surface area contributed by atoms with E-state index in [0.29, 0.717) is 38.3 Å². The van der Waals surface area contributed by atoms with Gasteiger partial charge in [-0.3, -0.25) is 0 Å². The Morgan fingerprint density at radius 1 is 1.14 bits per heavy atom. The average Bonchev–Trinajstić information content (AvgIpc) is 2.85. The highest BCUT2D eigenvalue weighted by Crippen LogP contribution is 2.42. The fourth-order valence-electron chi connectivity index (χ4n) is 4.64. The molecule has 1 amide bonds. The van der Waals surface area contributed by atoms with Gasteiger partial charge < -0.3 is 19.3 Å². The third-order valence-corrected chi connectivity index (χ3v) is 5.91. The summed E-state index contributed by atoms with van der Waals surface area (Å²) < 4.78 is 22.6. The fraction of sp³-hybridized carbons (Fsp3) is 0.318. The van der Waals surface area contributed by atoms with Gasteiger partial charge in [-0.05, 0) is 36.1 Å². The summed E-state index contributed by atoms with van der Waals surface area (Å²) in [6.07, 6.45) is 1.16. The van der Waals surface area contributed by atoms with Gasteiger partial charge in [0.25, 0.3) is 0 Å². The van der Waals surface area contributed by atoms with Gasteiger partial charge in [-0.1, -0.05) is 30.3 Å². The molecule has 0 radical (unpaired) electrons. The third kappa shape index (κ3) is 2.63. The molecule has 1 aromatic heterocycles. The van der Waals surface area contributed by atoms with Gasteiger partial charge in [0, 0.05) is 30.6 Å². The highest BCUT2D eigenvalue weighted by Gasteiger charge is 2.32. The molecule has 6 heteroatoms.